The van der Waals surface area contributed by atoms with Crippen molar-refractivity contribution in [3.63, 3.8) is 0 Å². The predicted molar refractivity (Wildman–Crippen MR) is 149 cm³/mol. The first-order valence-corrected chi connectivity index (χ1v) is 15.4. The number of thioether (sulfide) groups is 1. The van der Waals surface area contributed by atoms with E-state index in [0.717, 1.165) is 31.4 Å². The van der Waals surface area contributed by atoms with Crippen molar-refractivity contribution in [2.75, 3.05) is 5.75 Å². The minimum Gasteiger partial charge on any atom is -0.462 e. The highest BCUT2D eigenvalue weighted by molar-refractivity contribution is 7.99. The molecule has 0 spiro atoms. The summed E-state index contributed by atoms with van der Waals surface area (Å²) in [6.07, 6.45) is 4.47. The van der Waals surface area contributed by atoms with E-state index in [2.05, 4.69) is 38.1 Å². The van der Waals surface area contributed by atoms with Gasteiger partial charge in [0, 0.05) is 29.4 Å². The Labute approximate surface area is 232 Å². The van der Waals surface area contributed by atoms with Crippen LogP contribution in [0.2, 0.25) is 0 Å². The molecule has 1 aromatic rings. The van der Waals surface area contributed by atoms with Gasteiger partial charge >= 0.3 is 11.9 Å². The number of fused-ring (bicyclic) bond motifs is 1. The number of ether oxygens (including phenoxy) is 3. The maximum absolute atomic E-state index is 13.3. The van der Waals surface area contributed by atoms with Gasteiger partial charge in [0.05, 0.1) is 29.6 Å². The summed E-state index contributed by atoms with van der Waals surface area (Å²) in [5, 5.41) is 10.1. The lowest BCUT2D eigenvalue weighted by Crippen LogP contribution is -2.58. The molecule has 0 radical (unpaired) electrons. The van der Waals surface area contributed by atoms with Crippen molar-refractivity contribution in [2.24, 2.45) is 23.2 Å². The number of aliphatic hydroxyl groups is 1. The van der Waals surface area contributed by atoms with E-state index in [0.29, 0.717) is 31.1 Å². The summed E-state index contributed by atoms with van der Waals surface area (Å²) < 4.78 is 18.9. The molecule has 1 unspecified atom stereocenters. The SMILES string of the molecule is CCC(C)(C)C(=O)O[C@H]1C[C@](C)(CSc2ccccc2)O[C@@H]2CC[C@H](C)[C@H](CC[C@@H]3C[C@@H](O)CC(=O)O3)C12. The zero-order chi connectivity index (χ0) is 27.5. The first-order chi connectivity index (χ1) is 18.0. The van der Waals surface area contributed by atoms with Crippen LogP contribution >= 0.6 is 11.8 Å². The smallest absolute Gasteiger partial charge is 0.311 e. The van der Waals surface area contributed by atoms with Crippen molar-refractivity contribution >= 4 is 23.7 Å². The van der Waals surface area contributed by atoms with Crippen LogP contribution < -0.4 is 0 Å². The Bertz CT molecular complexity index is 951. The van der Waals surface area contributed by atoms with E-state index in [4.69, 9.17) is 14.2 Å². The van der Waals surface area contributed by atoms with Crippen molar-refractivity contribution < 1.29 is 28.9 Å². The number of hydrogen-bond acceptors (Lipinski definition) is 7. The van der Waals surface area contributed by atoms with Crippen LogP contribution in [0.15, 0.2) is 35.2 Å². The van der Waals surface area contributed by atoms with Gasteiger partial charge < -0.3 is 19.3 Å². The average molecular weight is 547 g/mol. The molecule has 8 atom stereocenters. The Balaban J connectivity index is 1.53. The van der Waals surface area contributed by atoms with Crippen molar-refractivity contribution in [1.29, 1.82) is 0 Å². The Morgan fingerprint density at radius 1 is 1.21 bits per heavy atom. The van der Waals surface area contributed by atoms with Gasteiger partial charge in [0.25, 0.3) is 0 Å². The molecule has 7 heteroatoms. The molecular weight excluding hydrogens is 500 g/mol. The van der Waals surface area contributed by atoms with Crippen LogP contribution in [-0.2, 0) is 23.8 Å². The van der Waals surface area contributed by atoms with Crippen molar-refractivity contribution in [2.45, 2.75) is 121 Å². The molecule has 0 aromatic heterocycles. The topological polar surface area (TPSA) is 82.1 Å². The maximum atomic E-state index is 13.3. The number of carbonyl (C=O) groups is 2. The number of cyclic esters (lactones) is 1. The van der Waals surface area contributed by atoms with Gasteiger partial charge in [0.2, 0.25) is 0 Å². The standard InChI is InChI=1S/C31H46O6S/c1-6-30(3,4)29(34)36-26-18-31(5,19-38-23-10-8-7-9-11-23)37-25-15-12-20(2)24(28(25)26)14-13-22-16-21(32)17-27(33)35-22/h7-11,20-22,24-26,28,32H,6,12-19H2,1-5H3/t20-,21+,22+,24-,25+,26-,28?,31+/m0/s1. The lowest BCUT2D eigenvalue weighted by Gasteiger charge is -2.53. The van der Waals surface area contributed by atoms with E-state index < -0.39 is 17.1 Å². The second kappa shape index (κ2) is 12.3. The van der Waals surface area contributed by atoms with Gasteiger partial charge in [-0.25, -0.2) is 0 Å². The van der Waals surface area contributed by atoms with Crippen LogP contribution in [0.5, 0.6) is 0 Å². The largest absolute Gasteiger partial charge is 0.462 e. The fourth-order valence-electron chi connectivity index (χ4n) is 6.42. The highest BCUT2D eigenvalue weighted by Crippen LogP contribution is 2.49. The van der Waals surface area contributed by atoms with E-state index in [9.17, 15) is 14.7 Å². The second-order valence-corrected chi connectivity index (χ2v) is 13.7. The van der Waals surface area contributed by atoms with Gasteiger partial charge in [-0.1, -0.05) is 32.0 Å². The van der Waals surface area contributed by atoms with Crippen LogP contribution in [0.3, 0.4) is 0 Å². The molecule has 1 aromatic carbocycles. The third-order valence-corrected chi connectivity index (χ3v) is 10.5. The van der Waals surface area contributed by atoms with Gasteiger partial charge in [-0.05, 0) is 76.8 Å². The van der Waals surface area contributed by atoms with Crippen LogP contribution in [0.1, 0.15) is 86.0 Å². The number of aliphatic hydroxyl groups excluding tert-OH is 1. The molecule has 3 aliphatic rings. The minimum atomic E-state index is -0.622. The summed E-state index contributed by atoms with van der Waals surface area (Å²) in [5.74, 6) is 1.19. The van der Waals surface area contributed by atoms with E-state index in [1.165, 1.54) is 4.90 Å². The van der Waals surface area contributed by atoms with Crippen LogP contribution in [-0.4, -0.2) is 52.8 Å². The molecule has 4 rings (SSSR count). The summed E-state index contributed by atoms with van der Waals surface area (Å²) in [7, 11) is 0. The summed E-state index contributed by atoms with van der Waals surface area (Å²) in [5.41, 5.74) is -0.942. The summed E-state index contributed by atoms with van der Waals surface area (Å²) >= 11 is 1.79. The quantitative estimate of drug-likeness (QED) is 0.292. The molecule has 2 saturated heterocycles. The molecule has 0 bridgehead atoms. The molecule has 38 heavy (non-hydrogen) atoms. The van der Waals surface area contributed by atoms with Crippen molar-refractivity contribution in [1.82, 2.24) is 0 Å². The molecule has 3 fully saturated rings. The summed E-state index contributed by atoms with van der Waals surface area (Å²) in [6, 6.07) is 10.4. The second-order valence-electron chi connectivity index (χ2n) is 12.7. The fourth-order valence-corrected chi connectivity index (χ4v) is 7.42. The minimum absolute atomic E-state index is 0.0216. The Morgan fingerprint density at radius 3 is 2.63 bits per heavy atom. The van der Waals surface area contributed by atoms with E-state index in [1.54, 1.807) is 11.8 Å². The first-order valence-electron chi connectivity index (χ1n) is 14.4. The highest BCUT2D eigenvalue weighted by atomic mass is 32.2. The van der Waals surface area contributed by atoms with Crippen LogP contribution in [0.4, 0.5) is 0 Å². The number of carbonyl (C=O) groups excluding carboxylic acids is 2. The van der Waals surface area contributed by atoms with Crippen molar-refractivity contribution in [3.05, 3.63) is 30.3 Å². The first kappa shape index (κ1) is 29.4. The Hall–Kier alpha value is -1.57. The lowest BCUT2D eigenvalue weighted by atomic mass is 9.64. The fraction of sp³-hybridized carbons (Fsp3) is 0.742. The van der Waals surface area contributed by atoms with Gasteiger partial charge in [-0.2, -0.15) is 0 Å². The van der Waals surface area contributed by atoms with E-state index in [1.807, 2.05) is 26.8 Å². The molecular formula is C31H46O6S. The van der Waals surface area contributed by atoms with Crippen molar-refractivity contribution in [3.8, 4) is 0 Å². The molecule has 1 saturated carbocycles. The number of benzene rings is 1. The Kier molecular flexibility index (Phi) is 9.52. The average Bonchev–Trinajstić information content (AvgIpc) is 2.87. The van der Waals surface area contributed by atoms with Gasteiger partial charge in [0.15, 0.2) is 0 Å². The highest BCUT2D eigenvalue weighted by Gasteiger charge is 2.52. The molecule has 6 nitrogen and oxygen atoms in total. The van der Waals surface area contributed by atoms with Crippen LogP contribution in [0, 0.1) is 23.2 Å². The van der Waals surface area contributed by atoms with Gasteiger partial charge in [-0.15, -0.1) is 11.8 Å². The zero-order valence-corrected chi connectivity index (χ0v) is 24.5. The molecule has 0 amide bonds. The van der Waals surface area contributed by atoms with Gasteiger partial charge in [0.1, 0.15) is 12.2 Å². The number of hydrogen-bond donors (Lipinski definition) is 1. The third-order valence-electron chi connectivity index (χ3n) is 9.10. The zero-order valence-electron chi connectivity index (χ0n) is 23.7. The Morgan fingerprint density at radius 2 is 1.95 bits per heavy atom. The van der Waals surface area contributed by atoms with Gasteiger partial charge in [-0.3, -0.25) is 9.59 Å². The molecule has 1 aliphatic carbocycles. The molecule has 2 aliphatic heterocycles. The number of esters is 2. The molecule has 2 heterocycles. The maximum Gasteiger partial charge on any atom is 0.311 e. The molecule has 212 valence electrons. The lowest BCUT2D eigenvalue weighted by molar-refractivity contribution is -0.223. The normalized spacial score (nSPS) is 35.7. The predicted octanol–water partition coefficient (Wildman–Crippen LogP) is 6.18. The summed E-state index contributed by atoms with van der Waals surface area (Å²) in [6.45, 7) is 10.4. The molecule has 1 N–H and O–H groups in total. The summed E-state index contributed by atoms with van der Waals surface area (Å²) in [4.78, 5) is 26.4. The monoisotopic (exact) mass is 546 g/mol. The number of rotatable bonds is 9. The van der Waals surface area contributed by atoms with E-state index >= 15 is 0 Å². The van der Waals surface area contributed by atoms with Crippen LogP contribution in [0.25, 0.3) is 0 Å². The third kappa shape index (κ3) is 7.14. The van der Waals surface area contributed by atoms with E-state index in [-0.39, 0.29) is 42.6 Å².